The number of halogens is 2. The van der Waals surface area contributed by atoms with Crippen LogP contribution in [0.5, 0.6) is 0 Å². The predicted octanol–water partition coefficient (Wildman–Crippen LogP) is 2.49. The highest BCUT2D eigenvalue weighted by atomic mass is 35.5. The molecule has 5 nitrogen and oxygen atoms in total. The Morgan fingerprint density at radius 3 is 2.74 bits per heavy atom. The van der Waals surface area contributed by atoms with Gasteiger partial charge in [-0.15, -0.1) is 0 Å². The number of carbonyl (C=O) groups excluding carboxylic acids is 2. The molecule has 124 valence electrons. The van der Waals surface area contributed by atoms with Crippen molar-refractivity contribution in [2.45, 2.75) is 31.8 Å². The maximum atomic E-state index is 13.1. The number of amides is 2. The predicted molar refractivity (Wildman–Crippen MR) is 83.7 cm³/mol. The number of rotatable bonds is 5. The third kappa shape index (κ3) is 3.48. The van der Waals surface area contributed by atoms with E-state index >= 15 is 0 Å². The molecule has 2 fully saturated rings. The first-order valence-electron chi connectivity index (χ1n) is 7.68. The fraction of sp³-hybridized carbons (Fsp3) is 0.500. The van der Waals surface area contributed by atoms with E-state index in [1.54, 1.807) is 0 Å². The SMILES string of the molecule is O=C(NCC1CCCO1)C1(C(=O)Nc2ccc(F)c(Cl)c2)CC1. The molecule has 2 aliphatic rings. The van der Waals surface area contributed by atoms with Crippen LogP contribution in [0.3, 0.4) is 0 Å². The van der Waals surface area contributed by atoms with E-state index in [1.165, 1.54) is 18.2 Å². The molecule has 1 heterocycles. The Hall–Kier alpha value is -1.66. The number of hydrogen-bond donors (Lipinski definition) is 2. The van der Waals surface area contributed by atoms with Crippen molar-refractivity contribution in [2.75, 3.05) is 18.5 Å². The van der Waals surface area contributed by atoms with Crippen molar-refractivity contribution >= 4 is 29.1 Å². The number of ether oxygens (including phenoxy) is 1. The molecule has 1 atom stereocenters. The summed E-state index contributed by atoms with van der Waals surface area (Å²) >= 11 is 5.69. The molecule has 7 heteroatoms. The van der Waals surface area contributed by atoms with Crippen molar-refractivity contribution < 1.29 is 18.7 Å². The van der Waals surface area contributed by atoms with Crippen LogP contribution in [0.25, 0.3) is 0 Å². The van der Waals surface area contributed by atoms with Gasteiger partial charge in [-0.25, -0.2) is 4.39 Å². The fourth-order valence-electron chi connectivity index (χ4n) is 2.69. The van der Waals surface area contributed by atoms with E-state index in [4.69, 9.17) is 16.3 Å². The van der Waals surface area contributed by atoms with E-state index in [0.29, 0.717) is 25.1 Å². The van der Waals surface area contributed by atoms with Gasteiger partial charge in [0.25, 0.3) is 0 Å². The molecule has 2 amide bonds. The largest absolute Gasteiger partial charge is 0.376 e. The lowest BCUT2D eigenvalue weighted by Gasteiger charge is -2.17. The first-order valence-corrected chi connectivity index (χ1v) is 8.05. The highest BCUT2D eigenvalue weighted by molar-refractivity contribution is 6.31. The molecule has 0 spiro atoms. The highest BCUT2D eigenvalue weighted by Gasteiger charge is 2.56. The quantitative estimate of drug-likeness (QED) is 0.809. The molecule has 1 aliphatic carbocycles. The molecule has 1 aliphatic heterocycles. The minimum Gasteiger partial charge on any atom is -0.376 e. The van der Waals surface area contributed by atoms with Crippen molar-refractivity contribution in [3.05, 3.63) is 29.0 Å². The van der Waals surface area contributed by atoms with Crippen LogP contribution >= 0.6 is 11.6 Å². The average Bonchev–Trinajstić information content (AvgIpc) is 3.18. The van der Waals surface area contributed by atoms with Crippen LogP contribution < -0.4 is 10.6 Å². The lowest BCUT2D eigenvalue weighted by atomic mass is 10.0. The zero-order valence-corrected chi connectivity index (χ0v) is 13.3. The number of carbonyl (C=O) groups is 2. The van der Waals surface area contributed by atoms with Gasteiger partial charge in [-0.05, 0) is 43.9 Å². The molecule has 1 unspecified atom stereocenters. The average molecular weight is 341 g/mol. The van der Waals surface area contributed by atoms with E-state index in [-0.39, 0.29) is 22.9 Å². The topological polar surface area (TPSA) is 67.4 Å². The minimum absolute atomic E-state index is 0.0358. The molecule has 1 aromatic carbocycles. The molecule has 0 radical (unpaired) electrons. The number of nitrogens with one attached hydrogen (secondary N) is 2. The summed E-state index contributed by atoms with van der Waals surface area (Å²) in [7, 11) is 0. The van der Waals surface area contributed by atoms with Crippen molar-refractivity contribution in [1.29, 1.82) is 0 Å². The van der Waals surface area contributed by atoms with Gasteiger partial charge in [0.1, 0.15) is 11.2 Å². The summed E-state index contributed by atoms with van der Waals surface area (Å²) in [6, 6.07) is 3.92. The van der Waals surface area contributed by atoms with E-state index < -0.39 is 11.2 Å². The fourth-order valence-corrected chi connectivity index (χ4v) is 2.87. The Kier molecular flexibility index (Phi) is 4.55. The Labute approximate surface area is 138 Å². The second-order valence-electron chi connectivity index (χ2n) is 6.01. The van der Waals surface area contributed by atoms with E-state index in [2.05, 4.69) is 10.6 Å². The Morgan fingerprint density at radius 1 is 1.35 bits per heavy atom. The van der Waals surface area contributed by atoms with Gasteiger partial charge in [-0.1, -0.05) is 11.6 Å². The summed E-state index contributed by atoms with van der Waals surface area (Å²) in [5.74, 6) is -1.22. The van der Waals surface area contributed by atoms with Crippen molar-refractivity contribution in [3.63, 3.8) is 0 Å². The Balaban J connectivity index is 1.58. The van der Waals surface area contributed by atoms with Gasteiger partial charge in [0.2, 0.25) is 11.8 Å². The van der Waals surface area contributed by atoms with Crippen LogP contribution in [-0.2, 0) is 14.3 Å². The van der Waals surface area contributed by atoms with Crippen LogP contribution in [0.2, 0.25) is 5.02 Å². The maximum Gasteiger partial charge on any atom is 0.240 e. The summed E-state index contributed by atoms with van der Waals surface area (Å²) < 4.78 is 18.6. The monoisotopic (exact) mass is 340 g/mol. The summed E-state index contributed by atoms with van der Waals surface area (Å²) in [5, 5.41) is 5.37. The van der Waals surface area contributed by atoms with E-state index in [9.17, 15) is 14.0 Å². The Morgan fingerprint density at radius 2 is 2.13 bits per heavy atom. The van der Waals surface area contributed by atoms with Gasteiger partial charge in [-0.2, -0.15) is 0 Å². The maximum absolute atomic E-state index is 13.1. The molecule has 23 heavy (non-hydrogen) atoms. The van der Waals surface area contributed by atoms with Gasteiger partial charge >= 0.3 is 0 Å². The van der Waals surface area contributed by atoms with Gasteiger partial charge in [0.15, 0.2) is 0 Å². The first kappa shape index (κ1) is 16.2. The lowest BCUT2D eigenvalue weighted by Crippen LogP contribution is -2.42. The van der Waals surface area contributed by atoms with Crippen LogP contribution in [0.4, 0.5) is 10.1 Å². The third-order valence-corrected chi connectivity index (χ3v) is 4.60. The summed E-state index contributed by atoms with van der Waals surface area (Å²) in [6.45, 7) is 1.15. The molecule has 3 rings (SSSR count). The van der Waals surface area contributed by atoms with Crippen LogP contribution in [0, 0.1) is 11.2 Å². The second-order valence-corrected chi connectivity index (χ2v) is 6.42. The first-order chi connectivity index (χ1) is 11.0. The number of benzene rings is 1. The number of hydrogen-bond acceptors (Lipinski definition) is 3. The van der Waals surface area contributed by atoms with E-state index in [1.807, 2.05) is 0 Å². The minimum atomic E-state index is -1.03. The zero-order chi connectivity index (χ0) is 16.4. The second kappa shape index (κ2) is 6.45. The molecule has 0 aromatic heterocycles. The third-order valence-electron chi connectivity index (χ3n) is 4.31. The number of anilines is 1. The lowest BCUT2D eigenvalue weighted by molar-refractivity contribution is -0.134. The molecular formula is C16H18ClFN2O3. The molecular weight excluding hydrogens is 323 g/mol. The highest BCUT2D eigenvalue weighted by Crippen LogP contribution is 2.47. The van der Waals surface area contributed by atoms with Gasteiger partial charge < -0.3 is 15.4 Å². The smallest absolute Gasteiger partial charge is 0.240 e. The molecule has 0 bridgehead atoms. The summed E-state index contributed by atoms with van der Waals surface area (Å²) in [5.41, 5.74) is -0.654. The van der Waals surface area contributed by atoms with E-state index in [0.717, 1.165) is 19.4 Å². The molecule has 1 aromatic rings. The molecule has 1 saturated carbocycles. The van der Waals surface area contributed by atoms with Gasteiger partial charge in [0, 0.05) is 18.8 Å². The summed E-state index contributed by atoms with van der Waals surface area (Å²) in [4.78, 5) is 24.7. The van der Waals surface area contributed by atoms with Crippen LogP contribution in [0.15, 0.2) is 18.2 Å². The van der Waals surface area contributed by atoms with Crippen LogP contribution in [-0.4, -0.2) is 31.1 Å². The normalized spacial score (nSPS) is 21.7. The Bertz CT molecular complexity index is 628. The summed E-state index contributed by atoms with van der Waals surface area (Å²) in [6.07, 6.45) is 2.97. The van der Waals surface area contributed by atoms with Crippen molar-refractivity contribution in [3.8, 4) is 0 Å². The molecule has 1 saturated heterocycles. The zero-order valence-electron chi connectivity index (χ0n) is 12.5. The standard InChI is InChI=1S/C16H18ClFN2O3/c17-12-8-10(3-4-13(12)18)20-15(22)16(5-6-16)14(21)19-9-11-2-1-7-23-11/h3-4,8,11H,1-2,5-7,9H2,(H,19,21)(H,20,22). The van der Waals surface area contributed by atoms with Gasteiger partial charge in [0.05, 0.1) is 11.1 Å². The molecule has 2 N–H and O–H groups in total. The van der Waals surface area contributed by atoms with Crippen molar-refractivity contribution in [2.24, 2.45) is 5.41 Å². The van der Waals surface area contributed by atoms with Gasteiger partial charge in [-0.3, -0.25) is 9.59 Å². The van der Waals surface area contributed by atoms with Crippen LogP contribution in [0.1, 0.15) is 25.7 Å². The van der Waals surface area contributed by atoms with Crippen molar-refractivity contribution in [1.82, 2.24) is 5.32 Å².